The van der Waals surface area contributed by atoms with Gasteiger partial charge in [-0.3, -0.25) is 0 Å². The van der Waals surface area contributed by atoms with Gasteiger partial charge in [0.2, 0.25) is 0 Å². The summed E-state index contributed by atoms with van der Waals surface area (Å²) in [5.74, 6) is 0. The van der Waals surface area contributed by atoms with Gasteiger partial charge in [0, 0.05) is 49.5 Å². The second-order valence-electron chi connectivity index (χ2n) is 24.9. The molecule has 0 N–H and O–H groups in total. The molecular weight excluding hydrogens is 926 g/mol. The van der Waals surface area contributed by atoms with Crippen molar-refractivity contribution in [1.82, 2.24) is 0 Å². The molecule has 1 aliphatic carbocycles. The van der Waals surface area contributed by atoms with Crippen molar-refractivity contribution in [3.63, 3.8) is 0 Å². The molecule has 13 rings (SSSR count). The predicted molar refractivity (Wildman–Crippen MR) is 323 cm³/mol. The zero-order valence-corrected chi connectivity index (χ0v) is 46.0. The maximum Gasteiger partial charge on any atom is 0.252 e. The van der Waals surface area contributed by atoms with Gasteiger partial charge in [-0.25, -0.2) is 0 Å². The molecule has 0 radical (unpaired) electrons. The van der Waals surface area contributed by atoms with Crippen molar-refractivity contribution >= 4 is 86.0 Å². The van der Waals surface area contributed by atoms with Crippen LogP contribution in [0.5, 0.6) is 0 Å². The summed E-state index contributed by atoms with van der Waals surface area (Å²) in [6, 6.07) is 74.2. The molecule has 0 saturated carbocycles. The highest BCUT2D eigenvalue weighted by atomic mass is 32.2. The Morgan fingerprint density at radius 3 is 1.49 bits per heavy atom. The monoisotopic (exact) mass is 992 g/mol. The third-order valence-electron chi connectivity index (χ3n) is 17.0. The number of hydrogen-bond donors (Lipinski definition) is 0. The minimum atomic E-state index is -0.160. The fraction of sp³-hybridized carbons (Fsp3) is 0.229. The van der Waals surface area contributed by atoms with E-state index in [2.05, 4.69) is 278 Å². The summed E-state index contributed by atoms with van der Waals surface area (Å²) < 4.78 is 0. The van der Waals surface area contributed by atoms with Gasteiger partial charge in [0.1, 0.15) is 0 Å². The zero-order chi connectivity index (χ0) is 51.8. The molecule has 0 aromatic heterocycles. The summed E-state index contributed by atoms with van der Waals surface area (Å²) in [5, 5.41) is 0. The highest BCUT2D eigenvalue weighted by Gasteiger charge is 2.48. The number of hydrogen-bond acceptors (Lipinski definition) is 4. The van der Waals surface area contributed by atoms with Crippen molar-refractivity contribution in [2.24, 2.45) is 0 Å². The van der Waals surface area contributed by atoms with Gasteiger partial charge in [0.15, 0.2) is 0 Å². The van der Waals surface area contributed by atoms with Crippen LogP contribution >= 0.6 is 11.8 Å². The van der Waals surface area contributed by atoms with Gasteiger partial charge >= 0.3 is 0 Å². The lowest BCUT2D eigenvalue weighted by Crippen LogP contribution is -2.62. The van der Waals surface area contributed by atoms with Crippen molar-refractivity contribution in [2.75, 3.05) is 14.7 Å². The summed E-state index contributed by atoms with van der Waals surface area (Å²) in [6.07, 6.45) is 2.28. The number of anilines is 9. The smallest absolute Gasteiger partial charge is 0.252 e. The van der Waals surface area contributed by atoms with Crippen molar-refractivity contribution in [1.29, 1.82) is 0 Å². The minimum absolute atomic E-state index is 0.00175. The molecule has 9 aromatic carbocycles. The molecule has 0 atom stereocenters. The van der Waals surface area contributed by atoms with E-state index in [9.17, 15) is 0 Å². The molecule has 0 unspecified atom stereocenters. The lowest BCUT2D eigenvalue weighted by molar-refractivity contribution is 0.332. The highest BCUT2D eigenvalue weighted by Crippen LogP contribution is 2.55. The fourth-order valence-electron chi connectivity index (χ4n) is 12.6. The Labute approximate surface area is 450 Å². The Hall–Kier alpha value is -7.21. The average molecular weight is 992 g/mol. The van der Waals surface area contributed by atoms with Gasteiger partial charge in [-0.05, 0) is 175 Å². The SMILES string of the molecule is CC(C)(C)c1ccc(N2c3cc4c(cc3B3c5cc(N6c7ccccc7Sc7ccccc76)ccc5N(c5ccc(-c6ccccc6)cc5)c5cc(C(C)(C)C)cc2c53)C(C)(C)CCC4(C)C)c(-c2ccccc2)c1. The number of fused-ring (bicyclic) bond motifs is 7. The van der Waals surface area contributed by atoms with E-state index < -0.39 is 0 Å². The predicted octanol–water partition coefficient (Wildman–Crippen LogP) is 18.0. The number of para-hydroxylation sites is 2. The zero-order valence-electron chi connectivity index (χ0n) is 45.2. The molecule has 0 fully saturated rings. The van der Waals surface area contributed by atoms with Gasteiger partial charge in [-0.1, -0.05) is 190 Å². The van der Waals surface area contributed by atoms with Crippen molar-refractivity contribution < 1.29 is 0 Å². The summed E-state index contributed by atoms with van der Waals surface area (Å²) in [4.78, 5) is 10.3. The van der Waals surface area contributed by atoms with Crippen LogP contribution < -0.4 is 31.1 Å². The number of benzene rings is 9. The van der Waals surface area contributed by atoms with E-state index in [1.165, 1.54) is 110 Å². The van der Waals surface area contributed by atoms with Crippen LogP contribution in [0, 0.1) is 0 Å². The molecular formula is C70H66BN3S. The topological polar surface area (TPSA) is 9.72 Å². The van der Waals surface area contributed by atoms with E-state index in [0.717, 1.165) is 24.2 Å². The first kappa shape index (κ1) is 47.5. The Morgan fingerprint density at radius 1 is 0.387 bits per heavy atom. The molecule has 370 valence electrons. The molecule has 0 bridgehead atoms. The van der Waals surface area contributed by atoms with Crippen LogP contribution in [0.2, 0.25) is 0 Å². The lowest BCUT2D eigenvalue weighted by Gasteiger charge is -2.48. The third-order valence-corrected chi connectivity index (χ3v) is 18.1. The molecule has 3 heterocycles. The van der Waals surface area contributed by atoms with Crippen LogP contribution in [-0.2, 0) is 21.7 Å². The molecule has 3 nitrogen and oxygen atoms in total. The van der Waals surface area contributed by atoms with E-state index in [0.29, 0.717) is 0 Å². The molecule has 4 aliphatic rings. The van der Waals surface area contributed by atoms with Crippen molar-refractivity contribution in [2.45, 2.75) is 114 Å². The van der Waals surface area contributed by atoms with Gasteiger partial charge < -0.3 is 14.7 Å². The highest BCUT2D eigenvalue weighted by molar-refractivity contribution is 7.99. The standard InChI is InChI=1S/C70H66BN3S/c1-67(2,3)48-31-35-57(52(39-48)47-23-15-12-16-24-47)74-61-44-54-53(69(7,8)37-38-70(54,9)10)43-56(61)71-55-42-51(73-59-25-17-19-27-64(59)75-65-28-20-18-26-60(65)73)34-36-58(55)72(62-40-49(68(4,5)6)41-63(74)66(62)71)50-32-29-46(30-33-50)45-21-13-11-14-22-45/h11-36,39-44H,37-38H2,1-10H3. The maximum absolute atomic E-state index is 2.70. The summed E-state index contributed by atoms with van der Waals surface area (Å²) in [6.45, 7) is 24.0. The van der Waals surface area contributed by atoms with Gasteiger partial charge in [0.25, 0.3) is 6.71 Å². The van der Waals surface area contributed by atoms with Crippen LogP contribution in [-0.4, -0.2) is 6.71 Å². The lowest BCUT2D eigenvalue weighted by atomic mass is 9.33. The van der Waals surface area contributed by atoms with E-state index >= 15 is 0 Å². The first-order valence-corrected chi connectivity index (χ1v) is 27.9. The average Bonchev–Trinajstić information content (AvgIpc) is 3.41. The van der Waals surface area contributed by atoms with E-state index in [1.807, 2.05) is 11.8 Å². The maximum atomic E-state index is 2.70. The molecule has 0 spiro atoms. The van der Waals surface area contributed by atoms with Crippen LogP contribution in [0.4, 0.5) is 51.2 Å². The Kier molecular flexibility index (Phi) is 10.9. The first-order chi connectivity index (χ1) is 35.9. The third kappa shape index (κ3) is 7.78. The quantitative estimate of drug-likeness (QED) is 0.159. The van der Waals surface area contributed by atoms with Crippen molar-refractivity contribution in [3.05, 3.63) is 216 Å². The van der Waals surface area contributed by atoms with Crippen LogP contribution in [0.15, 0.2) is 204 Å². The van der Waals surface area contributed by atoms with Crippen molar-refractivity contribution in [3.8, 4) is 22.3 Å². The molecule has 0 amide bonds. The van der Waals surface area contributed by atoms with E-state index in [-0.39, 0.29) is 28.4 Å². The molecule has 9 aromatic rings. The second kappa shape index (κ2) is 17.2. The molecule has 75 heavy (non-hydrogen) atoms. The molecule has 0 saturated heterocycles. The fourth-order valence-corrected chi connectivity index (χ4v) is 13.7. The van der Waals surface area contributed by atoms with Crippen LogP contribution in [0.1, 0.15) is 104 Å². The first-order valence-electron chi connectivity index (χ1n) is 27.1. The van der Waals surface area contributed by atoms with Gasteiger partial charge in [0.05, 0.1) is 17.1 Å². The van der Waals surface area contributed by atoms with Crippen LogP contribution in [0.3, 0.4) is 0 Å². The number of rotatable bonds is 5. The summed E-state index contributed by atoms with van der Waals surface area (Å²) in [5.41, 5.74) is 25.2. The Bertz CT molecular complexity index is 3680. The largest absolute Gasteiger partial charge is 0.311 e. The summed E-state index contributed by atoms with van der Waals surface area (Å²) >= 11 is 1.86. The van der Waals surface area contributed by atoms with Crippen LogP contribution in [0.25, 0.3) is 22.3 Å². The normalized spacial score (nSPS) is 15.8. The minimum Gasteiger partial charge on any atom is -0.311 e. The Balaban J connectivity index is 1.16. The molecule has 5 heteroatoms. The van der Waals surface area contributed by atoms with Gasteiger partial charge in [-0.15, -0.1) is 0 Å². The second-order valence-corrected chi connectivity index (χ2v) is 26.0. The number of nitrogens with zero attached hydrogens (tertiary/aromatic N) is 3. The Morgan fingerprint density at radius 2 is 0.880 bits per heavy atom. The molecule has 3 aliphatic heterocycles. The van der Waals surface area contributed by atoms with E-state index in [4.69, 9.17) is 0 Å². The van der Waals surface area contributed by atoms with Gasteiger partial charge in [-0.2, -0.15) is 0 Å². The van der Waals surface area contributed by atoms with E-state index in [1.54, 1.807) is 0 Å². The summed E-state index contributed by atoms with van der Waals surface area (Å²) in [7, 11) is 0.